The molecule has 12 heteroatoms. The number of hydrogen-bond donors (Lipinski definition) is 2. The van der Waals surface area contributed by atoms with E-state index in [4.69, 9.17) is 24.5 Å². The lowest BCUT2D eigenvalue weighted by Gasteiger charge is -2.28. The quantitative estimate of drug-likeness (QED) is 0.0933. The lowest BCUT2D eigenvalue weighted by atomic mass is 9.84. The van der Waals surface area contributed by atoms with Gasteiger partial charge in [0.25, 0.3) is 0 Å². The van der Waals surface area contributed by atoms with Gasteiger partial charge in [0.1, 0.15) is 23.2 Å². The molecule has 3 aromatic rings. The molecule has 0 aliphatic carbocycles. The van der Waals surface area contributed by atoms with Gasteiger partial charge in [-0.05, 0) is 117 Å². The van der Waals surface area contributed by atoms with E-state index in [9.17, 15) is 14.7 Å². The van der Waals surface area contributed by atoms with Crippen molar-refractivity contribution in [3.63, 3.8) is 0 Å². The molecule has 5 aliphatic rings. The standard InChI is InChI=1S/C57H60N5O6P/c1-9-42-35(2)47-32-51-45(34-63)37(4)46(59-51)31-48-36(3)43(26-27-53(65)67-7)55(60-48)44(56-54(57(66)68-8)38(5)49(61-56)33-50(42)58-47)30-52(64)62(6)28-19-29-69(39-20-13-10-14-21-39,40-22-15-11-16-23-40)41-24-17-12-18-25-41/h10-18,20-25,31-34,36,43H,9,19,26-30H2,1-8H3,(H-,58,59,60,61,63,66)/p+1/t36-,43-/m0/s1. The second-order valence-corrected chi connectivity index (χ2v) is 21.6. The maximum atomic E-state index is 15.0. The second kappa shape index (κ2) is 20.7. The predicted molar refractivity (Wildman–Crippen MR) is 279 cm³/mol. The fourth-order valence-electron chi connectivity index (χ4n) is 10.2. The van der Waals surface area contributed by atoms with Crippen molar-refractivity contribution in [1.82, 2.24) is 10.2 Å². The van der Waals surface area contributed by atoms with Crippen LogP contribution in [0.2, 0.25) is 0 Å². The van der Waals surface area contributed by atoms with E-state index in [0.717, 1.165) is 41.3 Å². The van der Waals surface area contributed by atoms with E-state index < -0.39 is 13.2 Å². The molecule has 1 fully saturated rings. The molecule has 5 heterocycles. The third-order valence-corrected chi connectivity index (χ3v) is 18.7. The van der Waals surface area contributed by atoms with Gasteiger partial charge >= 0.3 is 11.9 Å². The topological polar surface area (TPSA) is 142 Å². The molecular weight excluding hydrogens is 882 g/mol. The minimum absolute atomic E-state index is 0.0989. The summed E-state index contributed by atoms with van der Waals surface area (Å²) in [5, 5.41) is 18.1. The number of aliphatic hydroxyl groups is 1. The van der Waals surface area contributed by atoms with Crippen LogP contribution in [0.1, 0.15) is 66.7 Å². The SMILES string of the molecule is CCC1=C(C)C2=CC3=NC(=C(C)/C3=C/O)C=C3NC(=C(CC(=O)N(C)CCC[P+](c4ccccc4)(c4ccccc4)c4ccccc4)C4=NC(=CC1=N2)C(C)=C4C(=O)OC)[C@@H](CCC(=O)OC)[C@@H]3C. The number of nitrogens with zero attached hydrogens (tertiary/aromatic N) is 4. The van der Waals surface area contributed by atoms with Crippen LogP contribution in [0.3, 0.4) is 0 Å². The third kappa shape index (κ3) is 9.32. The first-order valence-corrected chi connectivity index (χ1v) is 25.7. The first kappa shape index (κ1) is 48.5. The summed E-state index contributed by atoms with van der Waals surface area (Å²) in [7, 11) is 2.41. The largest absolute Gasteiger partial charge is 0.515 e. The number of aliphatic imine (C=N–C) groups is 3. The summed E-state index contributed by atoms with van der Waals surface area (Å²) in [5.41, 5.74) is 9.77. The summed E-state index contributed by atoms with van der Waals surface area (Å²) in [5.74, 6) is -1.60. The van der Waals surface area contributed by atoms with E-state index in [1.165, 1.54) is 30.1 Å². The Morgan fingerprint density at radius 1 is 0.768 bits per heavy atom. The van der Waals surface area contributed by atoms with Crippen molar-refractivity contribution < 1.29 is 29.0 Å². The molecule has 5 aliphatic heterocycles. The average molecular weight is 943 g/mol. The van der Waals surface area contributed by atoms with Gasteiger partial charge in [0, 0.05) is 54.4 Å². The van der Waals surface area contributed by atoms with Crippen molar-refractivity contribution in [2.45, 2.75) is 66.7 Å². The van der Waals surface area contributed by atoms with Gasteiger partial charge < -0.3 is 24.8 Å². The van der Waals surface area contributed by atoms with Crippen molar-refractivity contribution >= 4 is 58.2 Å². The van der Waals surface area contributed by atoms with E-state index in [2.05, 4.69) is 110 Å². The van der Waals surface area contributed by atoms with Crippen molar-refractivity contribution in [1.29, 1.82) is 0 Å². The Morgan fingerprint density at radius 2 is 1.36 bits per heavy atom. The Balaban J connectivity index is 1.25. The number of methoxy groups -OCH3 is 2. The summed E-state index contributed by atoms with van der Waals surface area (Å²) in [6, 6.07) is 32.2. The van der Waals surface area contributed by atoms with Crippen molar-refractivity contribution in [3.05, 3.63) is 183 Å². The monoisotopic (exact) mass is 942 g/mol. The number of benzene rings is 3. The highest BCUT2D eigenvalue weighted by atomic mass is 31.2. The average Bonchev–Trinajstić information content (AvgIpc) is 4.06. The number of ether oxygens (including phenoxy) is 2. The molecule has 2 N–H and O–H groups in total. The highest BCUT2D eigenvalue weighted by Gasteiger charge is 2.45. The van der Waals surface area contributed by atoms with Crippen LogP contribution in [0, 0.1) is 11.8 Å². The molecule has 1 saturated heterocycles. The van der Waals surface area contributed by atoms with Gasteiger partial charge in [0.15, 0.2) is 0 Å². The fourth-order valence-corrected chi connectivity index (χ4v) is 14.6. The maximum Gasteiger partial charge on any atom is 0.340 e. The van der Waals surface area contributed by atoms with Crippen LogP contribution < -0.4 is 21.2 Å². The number of fused-ring (bicyclic) bond motifs is 5. The Morgan fingerprint density at radius 3 is 1.93 bits per heavy atom. The first-order valence-electron chi connectivity index (χ1n) is 23.7. The summed E-state index contributed by atoms with van der Waals surface area (Å²) in [4.78, 5) is 59.1. The number of amides is 1. The number of rotatable bonds is 14. The van der Waals surface area contributed by atoms with Crippen molar-refractivity contribution in [2.24, 2.45) is 26.8 Å². The molecule has 8 bridgehead atoms. The van der Waals surface area contributed by atoms with Crippen LogP contribution in [-0.2, 0) is 23.9 Å². The van der Waals surface area contributed by atoms with E-state index in [1.54, 1.807) is 4.90 Å². The van der Waals surface area contributed by atoms with E-state index >= 15 is 4.79 Å². The van der Waals surface area contributed by atoms with Gasteiger partial charge in [-0.1, -0.05) is 68.4 Å². The van der Waals surface area contributed by atoms with Crippen molar-refractivity contribution in [2.75, 3.05) is 34.0 Å². The molecule has 11 nitrogen and oxygen atoms in total. The third-order valence-electron chi connectivity index (χ3n) is 14.2. The second-order valence-electron chi connectivity index (χ2n) is 18.0. The summed E-state index contributed by atoms with van der Waals surface area (Å²) in [6.45, 7) is 10.4. The van der Waals surface area contributed by atoms with E-state index in [1.807, 2.05) is 46.0 Å². The first-order chi connectivity index (χ1) is 33.3. The zero-order chi connectivity index (χ0) is 49.0. The molecule has 0 saturated carbocycles. The normalized spacial score (nSPS) is 19.5. The molecule has 2 atom stereocenters. The lowest BCUT2D eigenvalue weighted by molar-refractivity contribution is -0.141. The lowest BCUT2D eigenvalue weighted by Crippen LogP contribution is -2.35. The van der Waals surface area contributed by atoms with Gasteiger partial charge in [-0.25, -0.2) is 19.8 Å². The number of nitrogens with one attached hydrogen (secondary N) is 1. The Kier molecular flexibility index (Phi) is 14.6. The fraction of sp³-hybridized carbons (Fsp3) is 0.298. The Bertz CT molecular complexity index is 2840. The van der Waals surface area contributed by atoms with Gasteiger partial charge in [0.2, 0.25) is 5.91 Å². The molecule has 69 heavy (non-hydrogen) atoms. The van der Waals surface area contributed by atoms with Crippen LogP contribution in [0.25, 0.3) is 0 Å². The van der Waals surface area contributed by atoms with Crippen molar-refractivity contribution in [3.8, 4) is 0 Å². The summed E-state index contributed by atoms with van der Waals surface area (Å²) >= 11 is 0. The van der Waals surface area contributed by atoms with Crippen LogP contribution in [0.4, 0.5) is 0 Å². The highest BCUT2D eigenvalue weighted by molar-refractivity contribution is 7.95. The number of carbonyl (C=O) groups is 3. The maximum absolute atomic E-state index is 15.0. The number of esters is 2. The minimum atomic E-state index is -2.16. The number of aliphatic hydroxyl groups excluding tert-OH is 1. The molecule has 0 aromatic heterocycles. The Labute approximate surface area is 406 Å². The van der Waals surface area contributed by atoms with Gasteiger partial charge in [0.05, 0.1) is 72.9 Å². The zero-order valence-electron chi connectivity index (χ0n) is 40.8. The van der Waals surface area contributed by atoms with Crippen LogP contribution in [0.15, 0.2) is 198 Å². The van der Waals surface area contributed by atoms with Gasteiger partial charge in [-0.15, -0.1) is 0 Å². The molecule has 3 aromatic carbocycles. The molecule has 0 radical (unpaired) electrons. The molecule has 0 spiro atoms. The minimum Gasteiger partial charge on any atom is -0.515 e. The van der Waals surface area contributed by atoms with Crippen LogP contribution in [0.5, 0.6) is 0 Å². The summed E-state index contributed by atoms with van der Waals surface area (Å²) < 4.78 is 10.6. The zero-order valence-corrected chi connectivity index (χ0v) is 41.7. The summed E-state index contributed by atoms with van der Waals surface area (Å²) in [6.07, 6.45) is 9.50. The van der Waals surface area contributed by atoms with E-state index in [-0.39, 0.29) is 42.1 Å². The Hall–Kier alpha value is -6.97. The smallest absolute Gasteiger partial charge is 0.340 e. The molecule has 0 unspecified atom stereocenters. The van der Waals surface area contributed by atoms with Gasteiger partial charge in [-0.2, -0.15) is 0 Å². The van der Waals surface area contributed by atoms with E-state index in [0.29, 0.717) is 76.0 Å². The number of hydrogen-bond acceptors (Lipinski definition) is 10. The molecule has 354 valence electrons. The van der Waals surface area contributed by atoms with Crippen LogP contribution >= 0.6 is 7.26 Å². The predicted octanol–water partition coefficient (Wildman–Crippen LogP) is 9.24. The molecule has 1 amide bonds. The molecular formula is C57H61N5O6P+. The number of carbonyl (C=O) groups excluding carboxylic acids is 3. The highest BCUT2D eigenvalue weighted by Crippen LogP contribution is 2.56. The number of allylic oxidation sites excluding steroid dienone is 10. The van der Waals surface area contributed by atoms with Gasteiger partial charge in [-0.3, -0.25) is 9.59 Å². The van der Waals surface area contributed by atoms with Crippen LogP contribution in [-0.4, -0.2) is 79.0 Å². The molecule has 8 rings (SSSR count).